The molecule has 1 aliphatic heterocycles. The highest BCUT2D eigenvalue weighted by Crippen LogP contribution is 2.19. The molecule has 0 saturated heterocycles. The van der Waals surface area contributed by atoms with Crippen LogP contribution in [0, 0.1) is 0 Å². The highest BCUT2D eigenvalue weighted by Gasteiger charge is 2.28. The number of nitrogens with zero attached hydrogens (tertiary/aromatic N) is 1. The van der Waals surface area contributed by atoms with E-state index in [1.54, 1.807) is 6.92 Å². The van der Waals surface area contributed by atoms with Crippen molar-refractivity contribution in [3.05, 3.63) is 34.4 Å². The maximum absolute atomic E-state index is 12.1. The molecular weight excluding hydrogens is 250 g/mol. The van der Waals surface area contributed by atoms with Gasteiger partial charge in [0.15, 0.2) is 0 Å². The van der Waals surface area contributed by atoms with Crippen molar-refractivity contribution >= 4 is 11.8 Å². The molecule has 0 unspecified atom stereocenters. The van der Waals surface area contributed by atoms with Crippen LogP contribution in [-0.4, -0.2) is 23.3 Å². The maximum Gasteiger partial charge on any atom is 0.256 e. The third kappa shape index (κ3) is 4.48. The Balaban J connectivity index is 2.62. The summed E-state index contributed by atoms with van der Waals surface area (Å²) in [5.74, 6) is -0.237. The predicted molar refractivity (Wildman–Crippen MR) is 82.1 cm³/mol. The predicted octanol–water partition coefficient (Wildman–Crippen LogP) is 3.77. The Bertz CT molecular complexity index is 491. The molecule has 0 aromatic carbocycles. The number of amides is 2. The molecule has 0 radical (unpaired) electrons. The van der Waals surface area contributed by atoms with E-state index in [2.05, 4.69) is 19.9 Å². The average Bonchev–Trinajstić information content (AvgIpc) is 2.35. The molecule has 110 valence electrons. The van der Waals surface area contributed by atoms with Gasteiger partial charge in [-0.05, 0) is 47.5 Å². The minimum atomic E-state index is -0.146. The van der Waals surface area contributed by atoms with E-state index in [9.17, 15) is 9.59 Å². The molecule has 1 aliphatic rings. The summed E-state index contributed by atoms with van der Waals surface area (Å²) in [6.07, 6.45) is 6.52. The summed E-state index contributed by atoms with van der Waals surface area (Å²) in [7, 11) is 0. The van der Waals surface area contributed by atoms with Crippen LogP contribution >= 0.6 is 0 Å². The fourth-order valence-electron chi connectivity index (χ4n) is 2.08. The summed E-state index contributed by atoms with van der Waals surface area (Å²) in [6, 6.07) is 0. The van der Waals surface area contributed by atoms with Crippen molar-refractivity contribution in [2.45, 2.75) is 53.9 Å². The van der Waals surface area contributed by atoms with Gasteiger partial charge in [0.05, 0.1) is 0 Å². The van der Waals surface area contributed by atoms with Gasteiger partial charge >= 0.3 is 0 Å². The van der Waals surface area contributed by atoms with Crippen molar-refractivity contribution in [1.29, 1.82) is 0 Å². The van der Waals surface area contributed by atoms with E-state index in [-0.39, 0.29) is 11.8 Å². The van der Waals surface area contributed by atoms with Crippen molar-refractivity contribution in [2.24, 2.45) is 0 Å². The smallest absolute Gasteiger partial charge is 0.256 e. The highest BCUT2D eigenvalue weighted by atomic mass is 16.2. The summed E-state index contributed by atoms with van der Waals surface area (Å²) < 4.78 is 0. The first-order valence-corrected chi connectivity index (χ1v) is 7.13. The first-order chi connectivity index (χ1) is 9.32. The summed E-state index contributed by atoms with van der Waals surface area (Å²) in [5, 5.41) is 0. The van der Waals surface area contributed by atoms with Crippen LogP contribution in [0.15, 0.2) is 34.4 Å². The molecule has 0 aliphatic carbocycles. The normalized spacial score (nSPS) is 16.9. The van der Waals surface area contributed by atoms with E-state index < -0.39 is 0 Å². The lowest BCUT2D eigenvalue weighted by Gasteiger charge is -2.25. The number of rotatable bonds is 5. The monoisotopic (exact) mass is 275 g/mol. The van der Waals surface area contributed by atoms with Gasteiger partial charge in [0.25, 0.3) is 5.91 Å². The Kier molecular flexibility index (Phi) is 5.93. The van der Waals surface area contributed by atoms with Gasteiger partial charge in [-0.15, -0.1) is 0 Å². The number of hydrogen-bond acceptors (Lipinski definition) is 2. The Labute approximate surface area is 122 Å². The van der Waals surface area contributed by atoms with Gasteiger partial charge in [0.2, 0.25) is 5.91 Å². The van der Waals surface area contributed by atoms with Crippen LogP contribution in [-0.2, 0) is 9.59 Å². The minimum absolute atomic E-state index is 0.0913. The van der Waals surface area contributed by atoms with Crippen molar-refractivity contribution in [3.63, 3.8) is 0 Å². The molecule has 2 amide bonds. The number of carbonyl (C=O) groups excluding carboxylic acids is 2. The van der Waals surface area contributed by atoms with Crippen molar-refractivity contribution in [2.75, 3.05) is 6.54 Å². The standard InChI is InChI=1S/C17H25NO2/c1-12(2)7-6-8-13(3)9-10-18-16(19)11-14(4)15(5)17(18)20/h7,9H,6,8,10-11H2,1-5H3/b13-9-. The van der Waals surface area contributed by atoms with E-state index in [0.29, 0.717) is 18.5 Å². The van der Waals surface area contributed by atoms with Crippen LogP contribution in [0.4, 0.5) is 0 Å². The Morgan fingerprint density at radius 1 is 1.15 bits per heavy atom. The molecule has 3 nitrogen and oxygen atoms in total. The molecule has 0 fully saturated rings. The topological polar surface area (TPSA) is 37.4 Å². The zero-order valence-corrected chi connectivity index (χ0v) is 13.2. The van der Waals surface area contributed by atoms with Gasteiger partial charge < -0.3 is 0 Å². The third-order valence-corrected chi connectivity index (χ3v) is 3.64. The van der Waals surface area contributed by atoms with Crippen molar-refractivity contribution in [1.82, 2.24) is 4.90 Å². The Hall–Kier alpha value is -1.64. The summed E-state index contributed by atoms with van der Waals surface area (Å²) >= 11 is 0. The first kappa shape index (κ1) is 16.4. The molecule has 0 atom stereocenters. The number of carbonyl (C=O) groups is 2. The van der Waals surface area contributed by atoms with E-state index in [1.165, 1.54) is 16.0 Å². The van der Waals surface area contributed by atoms with Crippen LogP contribution < -0.4 is 0 Å². The highest BCUT2D eigenvalue weighted by molar-refractivity contribution is 6.08. The molecule has 0 spiro atoms. The lowest BCUT2D eigenvalue weighted by molar-refractivity contribution is -0.142. The molecular formula is C17H25NO2. The van der Waals surface area contributed by atoms with Crippen LogP contribution in [0.25, 0.3) is 0 Å². The lowest BCUT2D eigenvalue weighted by atomic mass is 10.0. The summed E-state index contributed by atoms with van der Waals surface area (Å²) in [6.45, 7) is 10.3. The van der Waals surface area contributed by atoms with Gasteiger partial charge in [-0.1, -0.05) is 28.9 Å². The fraction of sp³-hybridized carbons (Fsp3) is 0.529. The van der Waals surface area contributed by atoms with E-state index >= 15 is 0 Å². The number of allylic oxidation sites excluding steroid dienone is 3. The molecule has 0 saturated carbocycles. The van der Waals surface area contributed by atoms with Crippen LogP contribution in [0.3, 0.4) is 0 Å². The van der Waals surface area contributed by atoms with Gasteiger partial charge in [0.1, 0.15) is 0 Å². The van der Waals surface area contributed by atoms with E-state index in [0.717, 1.165) is 18.4 Å². The SMILES string of the molecule is CC(C)=CCC/C(C)=C\CN1C(=O)CC(C)=C(C)C1=O. The van der Waals surface area contributed by atoms with Crippen LogP contribution in [0.1, 0.15) is 53.9 Å². The molecule has 0 aromatic rings. The molecule has 20 heavy (non-hydrogen) atoms. The second-order valence-electron chi connectivity index (χ2n) is 5.76. The summed E-state index contributed by atoms with van der Waals surface area (Å²) in [4.78, 5) is 25.3. The minimum Gasteiger partial charge on any atom is -0.275 e. The zero-order chi connectivity index (χ0) is 15.3. The van der Waals surface area contributed by atoms with E-state index in [1.807, 2.05) is 19.9 Å². The second-order valence-corrected chi connectivity index (χ2v) is 5.76. The fourth-order valence-corrected chi connectivity index (χ4v) is 2.08. The van der Waals surface area contributed by atoms with Crippen LogP contribution in [0.5, 0.6) is 0 Å². The Morgan fingerprint density at radius 2 is 1.80 bits per heavy atom. The lowest BCUT2D eigenvalue weighted by Crippen LogP contribution is -2.41. The molecule has 1 rings (SSSR count). The average molecular weight is 275 g/mol. The van der Waals surface area contributed by atoms with Gasteiger partial charge in [-0.3, -0.25) is 14.5 Å². The van der Waals surface area contributed by atoms with Crippen molar-refractivity contribution < 1.29 is 9.59 Å². The van der Waals surface area contributed by atoms with Crippen LogP contribution in [0.2, 0.25) is 0 Å². The zero-order valence-electron chi connectivity index (χ0n) is 13.2. The van der Waals surface area contributed by atoms with Gasteiger partial charge in [0, 0.05) is 18.5 Å². The molecule has 1 heterocycles. The number of imide groups is 1. The molecule has 0 N–H and O–H groups in total. The molecule has 3 heteroatoms. The quantitative estimate of drug-likeness (QED) is 0.565. The molecule has 0 bridgehead atoms. The number of hydrogen-bond donors (Lipinski definition) is 0. The summed E-state index contributed by atoms with van der Waals surface area (Å²) in [5.41, 5.74) is 4.13. The van der Waals surface area contributed by atoms with Crippen molar-refractivity contribution in [3.8, 4) is 0 Å². The Morgan fingerprint density at radius 3 is 2.40 bits per heavy atom. The van der Waals surface area contributed by atoms with Gasteiger partial charge in [-0.2, -0.15) is 0 Å². The van der Waals surface area contributed by atoms with E-state index in [4.69, 9.17) is 0 Å². The maximum atomic E-state index is 12.1. The molecule has 0 aromatic heterocycles. The second kappa shape index (κ2) is 7.22. The largest absolute Gasteiger partial charge is 0.275 e. The third-order valence-electron chi connectivity index (χ3n) is 3.64. The van der Waals surface area contributed by atoms with Gasteiger partial charge in [-0.25, -0.2) is 0 Å². The first-order valence-electron chi connectivity index (χ1n) is 7.13.